The minimum Gasteiger partial charge on any atom is -0.375 e. The number of aryl methyl sites for hydroxylation is 3. The highest BCUT2D eigenvalue weighted by molar-refractivity contribution is 6.09. The topological polar surface area (TPSA) is 81.9 Å². The standard InChI is InChI=1S/C24H22F3N5O2/c1-12-5-4-6-16-21(12)28-13(2)20-14(3)31-32(22(16)20)23(33)30-17-9-10-34-11-18-15(17)7-8-19(29-18)24(25,26)27/h4-8,17H,9-11H2,1-3H3,(H,30,33)/t17-/m1/s1. The molecule has 1 aromatic carbocycles. The molecular formula is C24H22F3N5O2. The number of carbonyl (C=O) groups excluding carboxylic acids is 1. The summed E-state index contributed by atoms with van der Waals surface area (Å²) < 4.78 is 46.2. The van der Waals surface area contributed by atoms with Crippen LogP contribution in [0.2, 0.25) is 0 Å². The van der Waals surface area contributed by atoms with E-state index in [1.165, 1.54) is 10.7 Å². The number of halogens is 3. The van der Waals surface area contributed by atoms with Gasteiger partial charge >= 0.3 is 12.2 Å². The van der Waals surface area contributed by atoms with Crippen molar-refractivity contribution >= 4 is 27.8 Å². The maximum Gasteiger partial charge on any atom is 0.433 e. The molecule has 3 aromatic heterocycles. The van der Waals surface area contributed by atoms with Crippen LogP contribution in [0.4, 0.5) is 18.0 Å². The third kappa shape index (κ3) is 3.67. The van der Waals surface area contributed by atoms with E-state index in [2.05, 4.69) is 15.4 Å². The molecule has 1 amide bonds. The van der Waals surface area contributed by atoms with Crippen LogP contribution in [0.25, 0.3) is 21.8 Å². The van der Waals surface area contributed by atoms with E-state index in [0.717, 1.165) is 33.6 Å². The SMILES string of the molecule is Cc1cccc2c1nc(C)c1c(C)nn(C(=O)N[C@@H]3CCOCc4nc(C(F)(F)F)ccc43)c12. The van der Waals surface area contributed by atoms with E-state index in [1.807, 2.05) is 39.0 Å². The third-order valence-electron chi connectivity index (χ3n) is 6.15. The van der Waals surface area contributed by atoms with Crippen molar-refractivity contribution in [1.29, 1.82) is 0 Å². The van der Waals surface area contributed by atoms with E-state index in [9.17, 15) is 18.0 Å². The lowest BCUT2D eigenvalue weighted by atomic mass is 10.0. The molecule has 0 bridgehead atoms. The second kappa shape index (κ2) is 8.05. The summed E-state index contributed by atoms with van der Waals surface area (Å²) in [6.45, 7) is 5.88. The first-order valence-corrected chi connectivity index (χ1v) is 10.9. The number of nitrogens with zero attached hydrogens (tertiary/aromatic N) is 4. The van der Waals surface area contributed by atoms with Gasteiger partial charge in [0.05, 0.1) is 35.1 Å². The summed E-state index contributed by atoms with van der Waals surface area (Å²) in [5.74, 6) is 0. The highest BCUT2D eigenvalue weighted by atomic mass is 19.4. The van der Waals surface area contributed by atoms with Crippen LogP contribution in [0.15, 0.2) is 30.3 Å². The quantitative estimate of drug-likeness (QED) is 0.417. The Kier molecular flexibility index (Phi) is 5.27. The molecule has 10 heteroatoms. The summed E-state index contributed by atoms with van der Waals surface area (Å²) >= 11 is 0. The van der Waals surface area contributed by atoms with Crippen LogP contribution in [-0.2, 0) is 17.5 Å². The van der Waals surface area contributed by atoms with Gasteiger partial charge in [-0.3, -0.25) is 4.98 Å². The second-order valence-corrected chi connectivity index (χ2v) is 8.46. The normalized spacial score (nSPS) is 16.5. The molecule has 1 aliphatic heterocycles. The fourth-order valence-electron chi connectivity index (χ4n) is 4.57. The summed E-state index contributed by atoms with van der Waals surface area (Å²) in [6.07, 6.45) is -4.17. The zero-order valence-electron chi connectivity index (χ0n) is 18.8. The van der Waals surface area contributed by atoms with Crippen LogP contribution in [0.5, 0.6) is 0 Å². The lowest BCUT2D eigenvalue weighted by Crippen LogP contribution is -2.33. The summed E-state index contributed by atoms with van der Waals surface area (Å²) in [6, 6.07) is 7.01. The Bertz CT molecular complexity index is 1440. The molecule has 1 atom stereocenters. The minimum atomic E-state index is -4.56. The number of carbonyl (C=O) groups is 1. The second-order valence-electron chi connectivity index (χ2n) is 8.46. The first-order chi connectivity index (χ1) is 16.1. The maximum absolute atomic E-state index is 13.5. The number of alkyl halides is 3. The molecule has 0 saturated carbocycles. The first kappa shape index (κ1) is 22.3. The largest absolute Gasteiger partial charge is 0.433 e. The van der Waals surface area contributed by atoms with Crippen LogP contribution < -0.4 is 5.32 Å². The average Bonchev–Trinajstić information content (AvgIpc) is 3.01. The first-order valence-electron chi connectivity index (χ1n) is 10.9. The van der Waals surface area contributed by atoms with E-state index in [4.69, 9.17) is 9.72 Å². The van der Waals surface area contributed by atoms with Gasteiger partial charge in [-0.05, 0) is 44.4 Å². The fourth-order valence-corrected chi connectivity index (χ4v) is 4.57. The number of ether oxygens (including phenoxy) is 1. The summed E-state index contributed by atoms with van der Waals surface area (Å²) in [5.41, 5.74) is 3.54. The average molecular weight is 469 g/mol. The van der Waals surface area contributed by atoms with Crippen molar-refractivity contribution in [2.45, 2.75) is 46.0 Å². The molecule has 1 N–H and O–H groups in total. The highest BCUT2D eigenvalue weighted by Gasteiger charge is 2.34. The number of pyridine rings is 2. The van der Waals surface area contributed by atoms with Gasteiger partial charge < -0.3 is 10.1 Å². The van der Waals surface area contributed by atoms with Gasteiger partial charge in [-0.15, -0.1) is 0 Å². The Morgan fingerprint density at radius 1 is 1.12 bits per heavy atom. The monoisotopic (exact) mass is 469 g/mol. The van der Waals surface area contributed by atoms with E-state index >= 15 is 0 Å². The maximum atomic E-state index is 13.5. The molecular weight excluding hydrogens is 447 g/mol. The Labute approximate surface area is 192 Å². The molecule has 5 rings (SSSR count). The molecule has 176 valence electrons. The molecule has 0 saturated heterocycles. The molecule has 0 unspecified atom stereocenters. The van der Waals surface area contributed by atoms with Crippen molar-refractivity contribution in [1.82, 2.24) is 25.1 Å². The smallest absolute Gasteiger partial charge is 0.375 e. The predicted octanol–water partition coefficient (Wildman–Crippen LogP) is 5.14. The van der Waals surface area contributed by atoms with Crippen LogP contribution >= 0.6 is 0 Å². The lowest BCUT2D eigenvalue weighted by molar-refractivity contribution is -0.141. The fraction of sp³-hybridized carbons (Fsp3) is 0.333. The van der Waals surface area contributed by atoms with Gasteiger partial charge in [0.25, 0.3) is 0 Å². The molecule has 0 radical (unpaired) electrons. The highest BCUT2D eigenvalue weighted by Crippen LogP contribution is 2.33. The van der Waals surface area contributed by atoms with Crippen LogP contribution in [0.3, 0.4) is 0 Å². The number of rotatable bonds is 1. The van der Waals surface area contributed by atoms with Crippen LogP contribution in [-0.4, -0.2) is 32.4 Å². The van der Waals surface area contributed by atoms with Crippen LogP contribution in [0.1, 0.15) is 46.4 Å². The lowest BCUT2D eigenvalue weighted by Gasteiger charge is -2.19. The minimum absolute atomic E-state index is 0.0514. The molecule has 1 aliphatic rings. The van der Waals surface area contributed by atoms with E-state index in [-0.39, 0.29) is 18.9 Å². The molecule has 0 fully saturated rings. The Hall–Kier alpha value is -3.53. The number of aromatic nitrogens is 4. The predicted molar refractivity (Wildman–Crippen MR) is 119 cm³/mol. The molecule has 34 heavy (non-hydrogen) atoms. The number of benzene rings is 1. The number of fused-ring (bicyclic) bond motifs is 4. The van der Waals surface area contributed by atoms with Gasteiger partial charge in [0.15, 0.2) is 0 Å². The number of hydrogen-bond donors (Lipinski definition) is 1. The van der Waals surface area contributed by atoms with E-state index in [1.54, 1.807) is 0 Å². The van der Waals surface area contributed by atoms with Crippen molar-refractivity contribution in [3.8, 4) is 0 Å². The summed E-state index contributed by atoms with van der Waals surface area (Å²) in [7, 11) is 0. The molecule has 0 aliphatic carbocycles. The van der Waals surface area contributed by atoms with Gasteiger partial charge in [-0.2, -0.15) is 23.0 Å². The zero-order chi connectivity index (χ0) is 24.2. The van der Waals surface area contributed by atoms with Crippen molar-refractivity contribution in [2.24, 2.45) is 0 Å². The van der Waals surface area contributed by atoms with Gasteiger partial charge in [-0.25, -0.2) is 9.78 Å². The van der Waals surface area contributed by atoms with Gasteiger partial charge in [-0.1, -0.05) is 24.3 Å². The van der Waals surface area contributed by atoms with E-state index < -0.39 is 23.9 Å². The van der Waals surface area contributed by atoms with E-state index in [0.29, 0.717) is 23.2 Å². The van der Waals surface area contributed by atoms with Crippen molar-refractivity contribution in [3.05, 3.63) is 64.2 Å². The van der Waals surface area contributed by atoms with Crippen molar-refractivity contribution in [2.75, 3.05) is 6.61 Å². The Balaban J connectivity index is 1.58. The Morgan fingerprint density at radius 2 is 1.91 bits per heavy atom. The van der Waals surface area contributed by atoms with Crippen LogP contribution in [0, 0.1) is 20.8 Å². The third-order valence-corrected chi connectivity index (χ3v) is 6.15. The summed E-state index contributed by atoms with van der Waals surface area (Å²) in [4.78, 5) is 21.9. The number of nitrogens with one attached hydrogen (secondary N) is 1. The number of amides is 1. The molecule has 0 spiro atoms. The number of hydrogen-bond acceptors (Lipinski definition) is 5. The van der Waals surface area contributed by atoms with Gasteiger partial charge in [0.1, 0.15) is 5.69 Å². The zero-order valence-corrected chi connectivity index (χ0v) is 18.8. The van der Waals surface area contributed by atoms with Crippen molar-refractivity contribution < 1.29 is 22.7 Å². The summed E-state index contributed by atoms with van der Waals surface area (Å²) in [5, 5.41) is 9.03. The van der Waals surface area contributed by atoms with Crippen molar-refractivity contribution in [3.63, 3.8) is 0 Å². The van der Waals surface area contributed by atoms with Gasteiger partial charge in [0.2, 0.25) is 0 Å². The molecule has 4 heterocycles. The Morgan fingerprint density at radius 3 is 2.68 bits per heavy atom. The molecule has 4 aromatic rings. The van der Waals surface area contributed by atoms with Gasteiger partial charge in [0, 0.05) is 23.1 Å². The molecule has 7 nitrogen and oxygen atoms in total. The number of para-hydroxylation sites is 1.